The standard InChI is InChI=1S/C27H22N4O2/c28-27(29)31(26(33)22-10-5-2-6-11-22)24-13-7-12-23(18-24)30-25(32)21-16-14-20(15-17-21)19-8-3-1-4-9-19/h1-18H,(H3,28,29)(H,30,32). The summed E-state index contributed by atoms with van der Waals surface area (Å²) in [6.45, 7) is 0. The van der Waals surface area contributed by atoms with E-state index in [0.717, 1.165) is 16.0 Å². The minimum absolute atomic E-state index is 0.282. The summed E-state index contributed by atoms with van der Waals surface area (Å²) in [4.78, 5) is 26.8. The molecule has 0 aromatic heterocycles. The summed E-state index contributed by atoms with van der Waals surface area (Å²) < 4.78 is 0. The van der Waals surface area contributed by atoms with E-state index < -0.39 is 11.9 Å². The van der Waals surface area contributed by atoms with E-state index in [-0.39, 0.29) is 5.91 Å². The number of hydrogen-bond acceptors (Lipinski definition) is 3. The van der Waals surface area contributed by atoms with Gasteiger partial charge < -0.3 is 11.1 Å². The van der Waals surface area contributed by atoms with E-state index in [2.05, 4.69) is 5.32 Å². The maximum Gasteiger partial charge on any atom is 0.265 e. The fourth-order valence-electron chi connectivity index (χ4n) is 3.45. The fourth-order valence-corrected chi connectivity index (χ4v) is 3.45. The lowest BCUT2D eigenvalue weighted by Crippen LogP contribution is -2.41. The van der Waals surface area contributed by atoms with E-state index in [4.69, 9.17) is 11.1 Å². The van der Waals surface area contributed by atoms with Crippen molar-refractivity contribution in [2.75, 3.05) is 10.2 Å². The molecule has 4 N–H and O–H groups in total. The van der Waals surface area contributed by atoms with Gasteiger partial charge in [-0.25, -0.2) is 4.90 Å². The van der Waals surface area contributed by atoms with Crippen molar-refractivity contribution >= 4 is 29.1 Å². The monoisotopic (exact) mass is 434 g/mol. The molecule has 0 spiro atoms. The first-order valence-corrected chi connectivity index (χ1v) is 10.3. The maximum absolute atomic E-state index is 12.9. The van der Waals surface area contributed by atoms with Gasteiger partial charge in [0, 0.05) is 16.8 Å². The minimum atomic E-state index is -0.428. The summed E-state index contributed by atoms with van der Waals surface area (Å²) in [5.74, 6) is -1.12. The summed E-state index contributed by atoms with van der Waals surface area (Å²) in [5, 5.41) is 10.7. The first-order chi connectivity index (χ1) is 16.0. The van der Waals surface area contributed by atoms with Crippen molar-refractivity contribution in [3.63, 3.8) is 0 Å². The Morgan fingerprint density at radius 3 is 1.94 bits per heavy atom. The quantitative estimate of drug-likeness (QED) is 0.299. The molecule has 0 heterocycles. The lowest BCUT2D eigenvalue weighted by Gasteiger charge is -2.21. The van der Waals surface area contributed by atoms with Gasteiger partial charge in [-0.05, 0) is 53.6 Å². The Balaban J connectivity index is 1.53. The number of nitrogens with zero attached hydrogens (tertiary/aromatic N) is 1. The average Bonchev–Trinajstić information content (AvgIpc) is 2.85. The topological polar surface area (TPSA) is 99.3 Å². The Labute approximate surface area is 191 Å². The number of carbonyl (C=O) groups excluding carboxylic acids is 2. The molecular weight excluding hydrogens is 412 g/mol. The van der Waals surface area contributed by atoms with Gasteiger partial charge in [0.2, 0.25) is 0 Å². The van der Waals surface area contributed by atoms with Gasteiger partial charge >= 0.3 is 0 Å². The van der Waals surface area contributed by atoms with Crippen LogP contribution in [0.25, 0.3) is 11.1 Å². The molecule has 4 aromatic rings. The van der Waals surface area contributed by atoms with Crippen LogP contribution in [0.15, 0.2) is 109 Å². The molecular formula is C27H22N4O2. The zero-order valence-electron chi connectivity index (χ0n) is 17.7. The van der Waals surface area contributed by atoms with Crippen LogP contribution >= 0.6 is 0 Å². The van der Waals surface area contributed by atoms with Gasteiger partial charge in [0.25, 0.3) is 11.8 Å². The zero-order valence-corrected chi connectivity index (χ0v) is 17.7. The number of carbonyl (C=O) groups is 2. The van der Waals surface area contributed by atoms with Crippen molar-refractivity contribution in [2.45, 2.75) is 0 Å². The number of anilines is 2. The van der Waals surface area contributed by atoms with Gasteiger partial charge in [-0.2, -0.15) is 0 Å². The molecule has 0 aliphatic heterocycles. The number of rotatable bonds is 5. The van der Waals surface area contributed by atoms with Crippen molar-refractivity contribution in [1.29, 1.82) is 5.41 Å². The van der Waals surface area contributed by atoms with Crippen LogP contribution in [0.4, 0.5) is 11.4 Å². The highest BCUT2D eigenvalue weighted by Gasteiger charge is 2.21. The van der Waals surface area contributed by atoms with Crippen LogP contribution in [0.3, 0.4) is 0 Å². The van der Waals surface area contributed by atoms with Crippen LogP contribution in [0.1, 0.15) is 20.7 Å². The van der Waals surface area contributed by atoms with E-state index in [1.807, 2.05) is 42.5 Å². The van der Waals surface area contributed by atoms with Crippen molar-refractivity contribution < 1.29 is 9.59 Å². The summed E-state index contributed by atoms with van der Waals surface area (Å²) in [5.41, 5.74) is 9.58. The van der Waals surface area contributed by atoms with Crippen molar-refractivity contribution in [1.82, 2.24) is 0 Å². The highest BCUT2D eigenvalue weighted by atomic mass is 16.2. The summed E-state index contributed by atoms with van der Waals surface area (Å²) in [6, 6.07) is 32.5. The van der Waals surface area contributed by atoms with E-state index in [9.17, 15) is 9.59 Å². The van der Waals surface area contributed by atoms with Crippen molar-refractivity contribution in [3.8, 4) is 11.1 Å². The third kappa shape index (κ3) is 4.97. The molecule has 0 aliphatic carbocycles. The number of amides is 2. The number of guanidine groups is 1. The Morgan fingerprint density at radius 2 is 1.30 bits per heavy atom. The molecule has 4 rings (SSSR count). The van der Waals surface area contributed by atoms with E-state index in [0.29, 0.717) is 22.5 Å². The molecule has 0 fully saturated rings. The van der Waals surface area contributed by atoms with Crippen LogP contribution < -0.4 is 16.0 Å². The molecule has 33 heavy (non-hydrogen) atoms. The third-order valence-electron chi connectivity index (χ3n) is 5.08. The summed E-state index contributed by atoms with van der Waals surface area (Å²) in [6.07, 6.45) is 0. The van der Waals surface area contributed by atoms with Gasteiger partial charge in [0.1, 0.15) is 0 Å². The summed E-state index contributed by atoms with van der Waals surface area (Å²) in [7, 11) is 0. The van der Waals surface area contributed by atoms with Crippen LogP contribution in [-0.2, 0) is 0 Å². The molecule has 6 heteroatoms. The van der Waals surface area contributed by atoms with Gasteiger partial charge in [-0.15, -0.1) is 0 Å². The minimum Gasteiger partial charge on any atom is -0.369 e. The molecule has 0 saturated heterocycles. The molecule has 6 nitrogen and oxygen atoms in total. The van der Waals surface area contributed by atoms with Crippen LogP contribution in [0.5, 0.6) is 0 Å². The van der Waals surface area contributed by atoms with E-state index >= 15 is 0 Å². The highest BCUT2D eigenvalue weighted by molar-refractivity contribution is 6.21. The maximum atomic E-state index is 12.9. The van der Waals surface area contributed by atoms with E-state index in [1.165, 1.54) is 0 Å². The second kappa shape index (κ2) is 9.62. The Kier molecular flexibility index (Phi) is 6.27. The molecule has 0 atom stereocenters. The largest absolute Gasteiger partial charge is 0.369 e. The van der Waals surface area contributed by atoms with Gasteiger partial charge in [0.15, 0.2) is 5.96 Å². The van der Waals surface area contributed by atoms with E-state index in [1.54, 1.807) is 66.7 Å². The molecule has 0 saturated carbocycles. The highest BCUT2D eigenvalue weighted by Crippen LogP contribution is 2.23. The van der Waals surface area contributed by atoms with Crippen LogP contribution in [0, 0.1) is 5.41 Å². The first kappa shape index (κ1) is 21.5. The van der Waals surface area contributed by atoms with Crippen LogP contribution in [-0.4, -0.2) is 17.8 Å². The van der Waals surface area contributed by atoms with Crippen LogP contribution in [0.2, 0.25) is 0 Å². The predicted molar refractivity (Wildman–Crippen MR) is 131 cm³/mol. The Morgan fingerprint density at radius 1 is 0.697 bits per heavy atom. The second-order valence-electron chi connectivity index (χ2n) is 7.34. The molecule has 0 radical (unpaired) electrons. The molecule has 4 aromatic carbocycles. The van der Waals surface area contributed by atoms with Gasteiger partial charge in [-0.1, -0.05) is 66.7 Å². The molecule has 162 valence electrons. The van der Waals surface area contributed by atoms with Gasteiger partial charge in [-0.3, -0.25) is 15.0 Å². The SMILES string of the molecule is N=C(N)N(C(=O)c1ccccc1)c1cccc(NC(=O)c2ccc(-c3ccccc3)cc2)c1. The zero-order chi connectivity index (χ0) is 23.2. The lowest BCUT2D eigenvalue weighted by molar-refractivity contribution is 0.0999. The molecule has 0 aliphatic rings. The Hall–Kier alpha value is -4.71. The first-order valence-electron chi connectivity index (χ1n) is 10.3. The number of nitrogens with one attached hydrogen (secondary N) is 2. The predicted octanol–water partition coefficient (Wildman–Crippen LogP) is 5.15. The average molecular weight is 434 g/mol. The number of hydrogen-bond donors (Lipinski definition) is 3. The molecule has 0 unspecified atom stereocenters. The molecule has 2 amide bonds. The van der Waals surface area contributed by atoms with Crippen molar-refractivity contribution in [3.05, 3.63) is 120 Å². The smallest absolute Gasteiger partial charge is 0.265 e. The number of nitrogens with two attached hydrogens (primary N) is 1. The number of benzene rings is 4. The lowest BCUT2D eigenvalue weighted by atomic mass is 10.0. The second-order valence-corrected chi connectivity index (χ2v) is 7.34. The van der Waals surface area contributed by atoms with Crippen molar-refractivity contribution in [2.24, 2.45) is 5.73 Å². The fraction of sp³-hybridized carbons (Fsp3) is 0. The molecule has 0 bridgehead atoms. The Bertz CT molecular complexity index is 1290. The third-order valence-corrected chi connectivity index (χ3v) is 5.08. The normalized spacial score (nSPS) is 10.3. The summed E-state index contributed by atoms with van der Waals surface area (Å²) >= 11 is 0. The van der Waals surface area contributed by atoms with Gasteiger partial charge in [0.05, 0.1) is 5.69 Å².